The first-order valence-electron chi connectivity index (χ1n) is 11.6. The topological polar surface area (TPSA) is 35.6 Å². The number of hydrogen-bond donors (Lipinski definition) is 0. The summed E-state index contributed by atoms with van der Waals surface area (Å²) < 4.78 is 4.29. The smallest absolute Gasteiger partial charge is 0.132 e. The lowest BCUT2D eigenvalue weighted by Crippen LogP contribution is -2.02. The lowest BCUT2D eigenvalue weighted by Gasteiger charge is -2.13. The molecule has 4 heteroatoms. The summed E-state index contributed by atoms with van der Waals surface area (Å²) in [4.78, 5) is 9.62. The Morgan fingerprint density at radius 2 is 1.50 bits per heavy atom. The van der Waals surface area contributed by atoms with Crippen LogP contribution in [0.5, 0.6) is 0 Å². The van der Waals surface area contributed by atoms with Crippen LogP contribution in [-0.4, -0.2) is 19.1 Å². The molecule has 0 fully saturated rings. The molecule has 0 bridgehead atoms. The van der Waals surface area contributed by atoms with E-state index < -0.39 is 0 Å². The molecule has 0 N–H and O–H groups in total. The van der Waals surface area contributed by atoms with Gasteiger partial charge in [0, 0.05) is 37.8 Å². The number of nitrogens with zero attached hydrogens (tertiary/aromatic N) is 4. The minimum absolute atomic E-state index is 0.378. The highest BCUT2D eigenvalue weighted by atomic mass is 15.1. The van der Waals surface area contributed by atoms with E-state index in [9.17, 15) is 0 Å². The molecule has 0 saturated carbocycles. The second-order valence-electron chi connectivity index (χ2n) is 6.89. The molecule has 2 aromatic heterocycles. The van der Waals surface area contributed by atoms with Crippen molar-refractivity contribution in [3.63, 3.8) is 0 Å². The quantitative estimate of drug-likeness (QED) is 0.397. The van der Waals surface area contributed by atoms with E-state index >= 15 is 0 Å². The van der Waals surface area contributed by atoms with Crippen LogP contribution in [0, 0.1) is 0 Å². The Morgan fingerprint density at radius 3 is 2.03 bits per heavy atom. The van der Waals surface area contributed by atoms with Gasteiger partial charge in [-0.1, -0.05) is 73.3 Å². The average molecular weight is 413 g/mol. The first-order chi connectivity index (χ1) is 14.5. The van der Waals surface area contributed by atoms with Gasteiger partial charge in [-0.15, -0.1) is 0 Å². The van der Waals surface area contributed by atoms with Crippen LogP contribution in [0.15, 0.2) is 37.2 Å². The fraction of sp³-hybridized carbons (Fsp3) is 0.538. The van der Waals surface area contributed by atoms with E-state index in [4.69, 9.17) is 9.97 Å². The molecule has 168 valence electrons. The number of aromatic nitrogens is 4. The molecule has 2 heterocycles. The second-order valence-corrected chi connectivity index (χ2v) is 6.89. The number of rotatable bonds is 9. The van der Waals surface area contributed by atoms with Gasteiger partial charge in [0.05, 0.1) is 11.4 Å². The third kappa shape index (κ3) is 8.17. The van der Waals surface area contributed by atoms with Crippen LogP contribution in [0.2, 0.25) is 0 Å². The molecule has 0 aromatic carbocycles. The maximum atomic E-state index is 4.86. The van der Waals surface area contributed by atoms with Crippen molar-refractivity contribution in [2.75, 3.05) is 0 Å². The third-order valence-corrected chi connectivity index (χ3v) is 4.70. The Labute approximate surface area is 185 Å². The van der Waals surface area contributed by atoms with Crippen molar-refractivity contribution in [2.45, 2.75) is 86.6 Å². The summed E-state index contributed by atoms with van der Waals surface area (Å²) in [5.41, 5.74) is 2.29. The molecule has 0 amide bonds. The van der Waals surface area contributed by atoms with Crippen LogP contribution in [0.1, 0.15) is 103 Å². The van der Waals surface area contributed by atoms with E-state index in [2.05, 4.69) is 68.0 Å². The van der Waals surface area contributed by atoms with Gasteiger partial charge in [0.1, 0.15) is 11.6 Å². The van der Waals surface area contributed by atoms with Gasteiger partial charge in [0.15, 0.2) is 0 Å². The molecule has 4 nitrogen and oxygen atoms in total. The van der Waals surface area contributed by atoms with Gasteiger partial charge in [-0.05, 0) is 31.9 Å². The largest absolute Gasteiger partial charge is 0.334 e. The van der Waals surface area contributed by atoms with Gasteiger partial charge in [0.2, 0.25) is 0 Å². The second kappa shape index (κ2) is 15.5. The molecule has 2 aromatic rings. The van der Waals surface area contributed by atoms with Gasteiger partial charge in [-0.25, -0.2) is 9.97 Å². The van der Waals surface area contributed by atoms with Crippen LogP contribution in [0.25, 0.3) is 12.2 Å². The van der Waals surface area contributed by atoms with Gasteiger partial charge >= 0.3 is 0 Å². The van der Waals surface area contributed by atoms with Crippen molar-refractivity contribution >= 4 is 12.2 Å². The van der Waals surface area contributed by atoms with Crippen LogP contribution in [-0.2, 0) is 13.6 Å². The molecule has 2 rings (SSSR count). The van der Waals surface area contributed by atoms with Gasteiger partial charge in [-0.2, -0.15) is 0 Å². The first kappa shape index (κ1) is 27.6. The predicted octanol–water partition coefficient (Wildman–Crippen LogP) is 7.61. The van der Waals surface area contributed by atoms with Crippen molar-refractivity contribution in [3.05, 3.63) is 60.2 Å². The maximum absolute atomic E-state index is 4.86. The highest BCUT2D eigenvalue weighted by molar-refractivity contribution is 5.44. The fourth-order valence-electron chi connectivity index (χ4n) is 3.12. The number of allylic oxidation sites excluding steroid dienone is 3. The maximum Gasteiger partial charge on any atom is 0.132 e. The Bertz CT molecular complexity index is 777. The molecular weight excluding hydrogens is 368 g/mol. The Hall–Kier alpha value is -2.36. The SMILES string of the molecule is C=C/C=C\c1nc(C(C)CC(C)c2cn(CC)c(/C=C\CC)n2)cn1C.CC.CC. The highest BCUT2D eigenvalue weighted by Crippen LogP contribution is 2.29. The minimum Gasteiger partial charge on any atom is -0.334 e. The molecule has 0 spiro atoms. The van der Waals surface area contributed by atoms with E-state index in [1.807, 2.05) is 46.9 Å². The van der Waals surface area contributed by atoms with Crippen molar-refractivity contribution in [1.29, 1.82) is 0 Å². The van der Waals surface area contributed by atoms with Crippen LogP contribution in [0.3, 0.4) is 0 Å². The summed E-state index contributed by atoms with van der Waals surface area (Å²) in [5, 5.41) is 0. The fourth-order valence-corrected chi connectivity index (χ4v) is 3.12. The van der Waals surface area contributed by atoms with Gasteiger partial charge in [0.25, 0.3) is 0 Å². The molecular formula is C26H44N4. The van der Waals surface area contributed by atoms with Crippen LogP contribution in [0.4, 0.5) is 0 Å². The zero-order chi connectivity index (χ0) is 23.1. The minimum atomic E-state index is 0.378. The summed E-state index contributed by atoms with van der Waals surface area (Å²) >= 11 is 0. The summed E-state index contributed by atoms with van der Waals surface area (Å²) in [6.45, 7) is 21.5. The van der Waals surface area contributed by atoms with Gasteiger partial charge < -0.3 is 9.13 Å². The van der Waals surface area contributed by atoms with E-state index in [1.54, 1.807) is 6.08 Å². The predicted molar refractivity (Wildman–Crippen MR) is 134 cm³/mol. The van der Waals surface area contributed by atoms with Crippen molar-refractivity contribution in [2.24, 2.45) is 7.05 Å². The van der Waals surface area contributed by atoms with Crippen molar-refractivity contribution in [1.82, 2.24) is 19.1 Å². The monoisotopic (exact) mass is 412 g/mol. The van der Waals surface area contributed by atoms with Crippen LogP contribution < -0.4 is 0 Å². The molecule has 0 radical (unpaired) electrons. The highest BCUT2D eigenvalue weighted by Gasteiger charge is 2.18. The Balaban J connectivity index is 0.00000198. The standard InChI is InChI=1S/C22H32N4.2C2H6/c1-7-10-12-21-23-19(15-25(21)6)17(4)14-18(5)20-16-26(9-3)22(24-20)13-11-8-2;2*1-2/h7,10-13,15-18H,1,8-9,14H2,2-6H3;2*1-2H3/b12-10-,13-11-;;. The number of hydrogen-bond acceptors (Lipinski definition) is 2. The van der Waals surface area contributed by atoms with Crippen molar-refractivity contribution in [3.8, 4) is 0 Å². The molecule has 0 aliphatic rings. The average Bonchev–Trinajstić information content (AvgIpc) is 3.36. The summed E-state index contributed by atoms with van der Waals surface area (Å²) in [5.74, 6) is 2.78. The van der Waals surface area contributed by atoms with E-state index in [1.165, 1.54) is 0 Å². The van der Waals surface area contributed by atoms with E-state index in [-0.39, 0.29) is 0 Å². The van der Waals surface area contributed by atoms with E-state index in [0.29, 0.717) is 11.8 Å². The van der Waals surface area contributed by atoms with Crippen LogP contribution >= 0.6 is 0 Å². The van der Waals surface area contributed by atoms with E-state index in [0.717, 1.165) is 42.4 Å². The normalized spacial score (nSPS) is 12.8. The summed E-state index contributed by atoms with van der Waals surface area (Å²) in [6, 6.07) is 0. The summed E-state index contributed by atoms with van der Waals surface area (Å²) in [6.07, 6.45) is 16.3. The zero-order valence-electron chi connectivity index (χ0n) is 20.8. The molecule has 0 aliphatic carbocycles. The number of imidazole rings is 2. The Morgan fingerprint density at radius 1 is 0.933 bits per heavy atom. The third-order valence-electron chi connectivity index (χ3n) is 4.70. The lowest BCUT2D eigenvalue weighted by molar-refractivity contribution is 0.574. The molecule has 2 unspecified atom stereocenters. The molecule has 30 heavy (non-hydrogen) atoms. The molecule has 0 saturated heterocycles. The lowest BCUT2D eigenvalue weighted by atomic mass is 9.93. The molecule has 0 aliphatic heterocycles. The van der Waals surface area contributed by atoms with Gasteiger partial charge in [-0.3, -0.25) is 0 Å². The molecule has 2 atom stereocenters. The van der Waals surface area contributed by atoms with Crippen molar-refractivity contribution < 1.29 is 0 Å². The summed E-state index contributed by atoms with van der Waals surface area (Å²) in [7, 11) is 2.03. The first-order valence-corrected chi connectivity index (χ1v) is 11.6. The number of aryl methyl sites for hydroxylation is 2. The zero-order valence-corrected chi connectivity index (χ0v) is 20.8. The Kier molecular flexibility index (Phi) is 14.3.